The van der Waals surface area contributed by atoms with Crippen LogP contribution in [0.25, 0.3) is 0 Å². The number of carbonyl (C=O) groups excluding carboxylic acids is 1. The number of anilines is 2. The molecule has 0 fully saturated rings. The summed E-state index contributed by atoms with van der Waals surface area (Å²) in [7, 11) is 0. The summed E-state index contributed by atoms with van der Waals surface area (Å²) in [6.45, 7) is 1.67. The third kappa shape index (κ3) is 3.36. The lowest BCUT2D eigenvalue weighted by Gasteiger charge is -2.08. The van der Waals surface area contributed by atoms with E-state index in [9.17, 15) is 9.59 Å². The molecule has 2 aromatic rings. The summed E-state index contributed by atoms with van der Waals surface area (Å²) in [5, 5.41) is 3.03. The lowest BCUT2D eigenvalue weighted by molar-refractivity contribution is -0.116. The smallest absolute Gasteiger partial charge is 0.251 e. The highest BCUT2D eigenvalue weighted by atomic mass is 35.5. The van der Waals surface area contributed by atoms with E-state index in [4.69, 9.17) is 17.3 Å². The molecular weight excluding hydrogens is 280 g/mol. The van der Waals surface area contributed by atoms with Gasteiger partial charge in [-0.25, -0.2) is 4.98 Å². The summed E-state index contributed by atoms with van der Waals surface area (Å²) in [5.41, 5.74) is 6.98. The summed E-state index contributed by atoms with van der Waals surface area (Å²) in [4.78, 5) is 27.4. The normalized spacial score (nSPS) is 10.3. The second kappa shape index (κ2) is 5.75. The third-order valence-electron chi connectivity index (χ3n) is 2.62. The van der Waals surface area contributed by atoms with E-state index in [2.05, 4.69) is 10.3 Å². The minimum Gasteiger partial charge on any atom is -0.398 e. The van der Waals surface area contributed by atoms with Gasteiger partial charge in [0.05, 0.1) is 11.9 Å². The Morgan fingerprint density at radius 3 is 2.95 bits per heavy atom. The molecule has 0 spiro atoms. The Bertz CT molecular complexity index is 712. The molecule has 6 nitrogen and oxygen atoms in total. The van der Waals surface area contributed by atoms with E-state index in [1.54, 1.807) is 13.0 Å². The Balaban J connectivity index is 2.11. The zero-order valence-corrected chi connectivity index (χ0v) is 11.5. The molecule has 2 rings (SSSR count). The number of halogens is 1. The maximum absolute atomic E-state index is 11.9. The van der Waals surface area contributed by atoms with Crippen LogP contribution in [0.15, 0.2) is 35.4 Å². The van der Waals surface area contributed by atoms with Crippen LogP contribution in [-0.2, 0) is 11.3 Å². The van der Waals surface area contributed by atoms with Crippen LogP contribution in [-0.4, -0.2) is 15.5 Å². The highest BCUT2D eigenvalue weighted by Crippen LogP contribution is 2.15. The average molecular weight is 293 g/mol. The SMILES string of the molecule is Cc1cc(NC(=O)Cn2cc(N)ccc2=O)cnc1Cl. The van der Waals surface area contributed by atoms with Gasteiger partial charge in [0.25, 0.3) is 5.56 Å². The number of rotatable bonds is 3. The van der Waals surface area contributed by atoms with Crippen LogP contribution >= 0.6 is 11.6 Å². The number of hydrogen-bond donors (Lipinski definition) is 2. The molecule has 0 aliphatic carbocycles. The van der Waals surface area contributed by atoms with Gasteiger partial charge >= 0.3 is 0 Å². The predicted molar refractivity (Wildman–Crippen MR) is 77.7 cm³/mol. The lowest BCUT2D eigenvalue weighted by atomic mass is 10.3. The van der Waals surface area contributed by atoms with E-state index in [1.165, 1.54) is 29.1 Å². The molecule has 0 aliphatic heterocycles. The largest absolute Gasteiger partial charge is 0.398 e. The van der Waals surface area contributed by atoms with Gasteiger partial charge in [0.1, 0.15) is 11.7 Å². The average Bonchev–Trinajstić information content (AvgIpc) is 2.38. The van der Waals surface area contributed by atoms with Crippen LogP contribution in [0.4, 0.5) is 11.4 Å². The van der Waals surface area contributed by atoms with Crippen LogP contribution in [0, 0.1) is 6.92 Å². The van der Waals surface area contributed by atoms with E-state index in [0.29, 0.717) is 16.5 Å². The molecular formula is C13H13ClN4O2. The number of amides is 1. The minimum absolute atomic E-state index is 0.119. The Hall–Kier alpha value is -2.34. The minimum atomic E-state index is -0.346. The van der Waals surface area contributed by atoms with Crippen molar-refractivity contribution in [2.24, 2.45) is 0 Å². The Morgan fingerprint density at radius 1 is 1.50 bits per heavy atom. The van der Waals surface area contributed by atoms with Crippen molar-refractivity contribution in [1.82, 2.24) is 9.55 Å². The molecule has 104 valence electrons. The van der Waals surface area contributed by atoms with E-state index in [-0.39, 0.29) is 18.0 Å². The van der Waals surface area contributed by atoms with Crippen molar-refractivity contribution in [2.45, 2.75) is 13.5 Å². The molecule has 2 aromatic heterocycles. The maximum atomic E-state index is 11.9. The fraction of sp³-hybridized carbons (Fsp3) is 0.154. The topological polar surface area (TPSA) is 90.0 Å². The van der Waals surface area contributed by atoms with Crippen LogP contribution in [0.3, 0.4) is 0 Å². The van der Waals surface area contributed by atoms with Gasteiger partial charge in [-0.1, -0.05) is 11.6 Å². The number of aryl methyl sites for hydroxylation is 1. The van der Waals surface area contributed by atoms with Crippen LogP contribution < -0.4 is 16.6 Å². The number of aromatic nitrogens is 2. The maximum Gasteiger partial charge on any atom is 0.251 e. The summed E-state index contributed by atoms with van der Waals surface area (Å²) in [6.07, 6.45) is 2.88. The number of carbonyl (C=O) groups is 1. The summed E-state index contributed by atoms with van der Waals surface area (Å²) in [6, 6.07) is 4.51. The second-order valence-corrected chi connectivity index (χ2v) is 4.67. The summed E-state index contributed by atoms with van der Waals surface area (Å²) in [5.74, 6) is -0.346. The third-order valence-corrected chi connectivity index (χ3v) is 3.01. The molecule has 20 heavy (non-hydrogen) atoms. The highest BCUT2D eigenvalue weighted by Gasteiger charge is 2.07. The van der Waals surface area contributed by atoms with Crippen molar-refractivity contribution in [3.05, 3.63) is 51.7 Å². The molecule has 0 aromatic carbocycles. The molecule has 7 heteroatoms. The van der Waals surface area contributed by atoms with Crippen molar-refractivity contribution in [3.8, 4) is 0 Å². The molecule has 1 amide bonds. The summed E-state index contributed by atoms with van der Waals surface area (Å²) < 4.78 is 1.24. The molecule has 0 atom stereocenters. The zero-order valence-electron chi connectivity index (χ0n) is 10.8. The van der Waals surface area contributed by atoms with Gasteiger partial charge in [-0.2, -0.15) is 0 Å². The molecule has 0 bridgehead atoms. The molecule has 0 aliphatic rings. The van der Waals surface area contributed by atoms with Crippen LogP contribution in [0.5, 0.6) is 0 Å². The Morgan fingerprint density at radius 2 is 2.25 bits per heavy atom. The molecule has 0 saturated heterocycles. The monoisotopic (exact) mass is 292 g/mol. The fourth-order valence-corrected chi connectivity index (χ4v) is 1.76. The van der Waals surface area contributed by atoms with Crippen molar-refractivity contribution < 1.29 is 4.79 Å². The first-order chi connectivity index (χ1) is 9.45. The fourth-order valence-electron chi connectivity index (χ4n) is 1.66. The Labute approximate surface area is 120 Å². The van der Waals surface area contributed by atoms with Gasteiger partial charge in [-0.15, -0.1) is 0 Å². The van der Waals surface area contributed by atoms with Gasteiger partial charge in [0.15, 0.2) is 0 Å². The first kappa shape index (κ1) is 14.1. The number of nitrogen functional groups attached to an aromatic ring is 1. The lowest BCUT2D eigenvalue weighted by Crippen LogP contribution is -2.27. The van der Waals surface area contributed by atoms with Crippen LogP contribution in [0.1, 0.15) is 5.56 Å². The van der Waals surface area contributed by atoms with Crippen molar-refractivity contribution >= 4 is 28.9 Å². The number of nitrogens with zero attached hydrogens (tertiary/aromatic N) is 2. The number of nitrogens with two attached hydrogens (primary N) is 1. The molecule has 2 heterocycles. The molecule has 3 N–H and O–H groups in total. The number of hydrogen-bond acceptors (Lipinski definition) is 4. The van der Waals surface area contributed by atoms with E-state index in [0.717, 1.165) is 5.56 Å². The highest BCUT2D eigenvalue weighted by molar-refractivity contribution is 6.30. The molecule has 0 radical (unpaired) electrons. The molecule has 0 unspecified atom stereocenters. The van der Waals surface area contributed by atoms with Crippen LogP contribution in [0.2, 0.25) is 5.15 Å². The van der Waals surface area contributed by atoms with Gasteiger partial charge in [0, 0.05) is 18.0 Å². The van der Waals surface area contributed by atoms with Crippen molar-refractivity contribution in [3.63, 3.8) is 0 Å². The van der Waals surface area contributed by atoms with Gasteiger partial charge in [-0.3, -0.25) is 9.59 Å². The van der Waals surface area contributed by atoms with E-state index < -0.39 is 0 Å². The molecule has 0 saturated carbocycles. The van der Waals surface area contributed by atoms with Crippen molar-refractivity contribution in [1.29, 1.82) is 0 Å². The Kier molecular flexibility index (Phi) is 4.05. The van der Waals surface area contributed by atoms with Gasteiger partial charge in [-0.05, 0) is 24.6 Å². The quantitative estimate of drug-likeness (QED) is 0.837. The first-order valence-corrected chi connectivity index (χ1v) is 6.21. The number of pyridine rings is 2. The van der Waals surface area contributed by atoms with Gasteiger partial charge in [0.2, 0.25) is 5.91 Å². The predicted octanol–water partition coefficient (Wildman–Crippen LogP) is 1.43. The van der Waals surface area contributed by atoms with Crippen molar-refractivity contribution in [2.75, 3.05) is 11.1 Å². The zero-order chi connectivity index (χ0) is 14.7. The second-order valence-electron chi connectivity index (χ2n) is 4.31. The number of nitrogens with one attached hydrogen (secondary N) is 1. The van der Waals surface area contributed by atoms with E-state index in [1.807, 2.05) is 0 Å². The summed E-state index contributed by atoms with van der Waals surface area (Å²) >= 11 is 5.80. The van der Waals surface area contributed by atoms with E-state index >= 15 is 0 Å². The van der Waals surface area contributed by atoms with Gasteiger partial charge < -0.3 is 15.6 Å². The standard InChI is InChI=1S/C13H13ClN4O2/c1-8-4-10(5-16-13(8)14)17-11(19)7-18-6-9(15)2-3-12(18)20/h2-6H,7,15H2,1H3,(H,17,19). The first-order valence-electron chi connectivity index (χ1n) is 5.83.